The van der Waals surface area contributed by atoms with Crippen LogP contribution in [0.2, 0.25) is 0 Å². The van der Waals surface area contributed by atoms with Gasteiger partial charge < -0.3 is 9.73 Å². The summed E-state index contributed by atoms with van der Waals surface area (Å²) in [4.78, 5) is 25.3. The number of amides is 3. The van der Waals surface area contributed by atoms with Crippen LogP contribution in [0.1, 0.15) is 30.7 Å². The second-order valence-corrected chi connectivity index (χ2v) is 8.04. The molecule has 0 aromatic carbocycles. The number of nitrogens with one attached hydrogen (secondary N) is 2. The van der Waals surface area contributed by atoms with E-state index in [1.807, 2.05) is 0 Å². The Balaban J connectivity index is 1.58. The molecule has 2 aromatic rings. The summed E-state index contributed by atoms with van der Waals surface area (Å²) in [6.07, 6.45) is 3.43. The van der Waals surface area contributed by atoms with Crippen LogP contribution in [0, 0.1) is 5.92 Å². The maximum Gasteiger partial charge on any atom is 0.321 e. The predicted molar refractivity (Wildman–Crippen MR) is 96.7 cm³/mol. The van der Waals surface area contributed by atoms with E-state index in [1.54, 1.807) is 18.3 Å². The Labute approximate surface area is 154 Å². The average molecular weight is 380 g/mol. The van der Waals surface area contributed by atoms with E-state index in [0.29, 0.717) is 23.6 Å². The molecule has 1 atom stereocenters. The number of nitrogens with zero attached hydrogens (tertiary/aromatic N) is 2. The van der Waals surface area contributed by atoms with Gasteiger partial charge in [-0.1, -0.05) is 18.7 Å². The zero-order valence-electron chi connectivity index (χ0n) is 14.1. The molecule has 1 aliphatic carbocycles. The summed E-state index contributed by atoms with van der Waals surface area (Å²) in [5.74, 6) is 0.833. The molecule has 7 nitrogen and oxygen atoms in total. The van der Waals surface area contributed by atoms with Gasteiger partial charge in [-0.2, -0.15) is 0 Å². The van der Waals surface area contributed by atoms with E-state index in [0.717, 1.165) is 29.5 Å². The number of rotatable bonds is 5. The monoisotopic (exact) mass is 380 g/mol. The van der Waals surface area contributed by atoms with E-state index < -0.39 is 11.9 Å². The summed E-state index contributed by atoms with van der Waals surface area (Å²) in [5, 5.41) is 13.1. The fraction of sp³-hybridized carbons (Fsp3) is 0.500. The largest absolute Gasteiger partial charge is 0.410 e. The summed E-state index contributed by atoms with van der Waals surface area (Å²) in [7, 11) is 0. The minimum Gasteiger partial charge on any atom is -0.410 e. The van der Waals surface area contributed by atoms with Gasteiger partial charge in [0.2, 0.25) is 5.91 Å². The van der Waals surface area contributed by atoms with E-state index in [-0.39, 0.29) is 5.75 Å². The molecule has 2 heterocycles. The number of urea groups is 1. The molecular formula is C16H20N4O3S2. The lowest BCUT2D eigenvalue weighted by molar-refractivity contribution is -0.117. The number of imide groups is 1. The van der Waals surface area contributed by atoms with Gasteiger partial charge in [0, 0.05) is 11.4 Å². The Morgan fingerprint density at radius 3 is 3.08 bits per heavy atom. The van der Waals surface area contributed by atoms with E-state index >= 15 is 0 Å². The molecule has 0 spiro atoms. The van der Waals surface area contributed by atoms with Gasteiger partial charge in [-0.3, -0.25) is 10.1 Å². The van der Waals surface area contributed by atoms with Gasteiger partial charge in [-0.05, 0) is 43.7 Å². The maximum atomic E-state index is 11.7. The van der Waals surface area contributed by atoms with Crippen molar-refractivity contribution in [2.75, 3.05) is 12.3 Å². The number of hydrogen-bond donors (Lipinski definition) is 2. The van der Waals surface area contributed by atoms with Crippen molar-refractivity contribution in [3.63, 3.8) is 0 Å². The maximum absolute atomic E-state index is 11.7. The predicted octanol–water partition coefficient (Wildman–Crippen LogP) is 2.86. The lowest BCUT2D eigenvalue weighted by Crippen LogP contribution is -2.40. The molecule has 1 unspecified atom stereocenters. The minimum atomic E-state index is -0.502. The molecule has 3 rings (SSSR count). The molecule has 9 heteroatoms. The Morgan fingerprint density at radius 1 is 1.44 bits per heavy atom. The van der Waals surface area contributed by atoms with Gasteiger partial charge in [-0.25, -0.2) is 4.79 Å². The van der Waals surface area contributed by atoms with Crippen LogP contribution in [0.15, 0.2) is 15.7 Å². The molecule has 2 aromatic heterocycles. The molecule has 25 heavy (non-hydrogen) atoms. The van der Waals surface area contributed by atoms with Gasteiger partial charge >= 0.3 is 6.03 Å². The van der Waals surface area contributed by atoms with Crippen LogP contribution in [-0.4, -0.2) is 34.4 Å². The van der Waals surface area contributed by atoms with Crippen molar-refractivity contribution in [2.24, 2.45) is 5.92 Å². The highest BCUT2D eigenvalue weighted by Gasteiger charge is 2.21. The molecule has 0 aliphatic heterocycles. The van der Waals surface area contributed by atoms with Crippen molar-refractivity contribution in [1.29, 1.82) is 0 Å². The van der Waals surface area contributed by atoms with Gasteiger partial charge in [0.25, 0.3) is 11.1 Å². The molecule has 0 saturated heterocycles. The molecule has 3 amide bonds. The fourth-order valence-corrected chi connectivity index (χ4v) is 4.37. The van der Waals surface area contributed by atoms with E-state index in [9.17, 15) is 9.59 Å². The number of thioether (sulfide) groups is 1. The summed E-state index contributed by atoms with van der Waals surface area (Å²) in [6, 6.07) is 1.64. The number of carbonyl (C=O) groups is 2. The zero-order valence-corrected chi connectivity index (χ0v) is 15.8. The molecule has 0 bridgehead atoms. The van der Waals surface area contributed by atoms with Crippen molar-refractivity contribution in [1.82, 2.24) is 20.8 Å². The van der Waals surface area contributed by atoms with Gasteiger partial charge in [0.1, 0.15) is 0 Å². The van der Waals surface area contributed by atoms with Crippen LogP contribution in [0.5, 0.6) is 0 Å². The SMILES string of the molecule is CCNC(=O)NC(=O)CSc1nnc(-c2cc3c(s2)CCC(C)C3)o1. The number of hydrogen-bond acceptors (Lipinski definition) is 7. The number of aromatic nitrogens is 2. The number of aryl methyl sites for hydroxylation is 1. The van der Waals surface area contributed by atoms with Gasteiger partial charge in [0.05, 0.1) is 10.6 Å². The highest BCUT2D eigenvalue weighted by molar-refractivity contribution is 7.99. The first-order valence-corrected chi connectivity index (χ1v) is 10.0. The summed E-state index contributed by atoms with van der Waals surface area (Å²) >= 11 is 2.82. The van der Waals surface area contributed by atoms with Crippen molar-refractivity contribution >= 4 is 35.0 Å². The second kappa shape index (κ2) is 8.01. The van der Waals surface area contributed by atoms with Crippen LogP contribution in [0.25, 0.3) is 10.8 Å². The van der Waals surface area contributed by atoms with Crippen molar-refractivity contribution in [2.45, 2.75) is 38.3 Å². The Bertz CT molecular complexity index is 771. The lowest BCUT2D eigenvalue weighted by Gasteiger charge is -2.16. The van der Waals surface area contributed by atoms with Crippen molar-refractivity contribution in [3.8, 4) is 10.8 Å². The first kappa shape index (κ1) is 17.9. The number of fused-ring (bicyclic) bond motifs is 1. The average Bonchev–Trinajstić information content (AvgIpc) is 3.19. The molecule has 2 N–H and O–H groups in total. The highest BCUT2D eigenvalue weighted by atomic mass is 32.2. The van der Waals surface area contributed by atoms with Crippen LogP contribution in [-0.2, 0) is 17.6 Å². The molecule has 0 radical (unpaired) electrons. The first-order chi connectivity index (χ1) is 12.0. The number of thiophene rings is 1. The molecule has 1 aliphatic rings. The minimum absolute atomic E-state index is 0.0389. The zero-order chi connectivity index (χ0) is 17.8. The quantitative estimate of drug-likeness (QED) is 0.774. The van der Waals surface area contributed by atoms with E-state index in [2.05, 4.69) is 33.8 Å². The molecule has 0 fully saturated rings. The number of carbonyl (C=O) groups excluding carboxylic acids is 2. The fourth-order valence-electron chi connectivity index (χ4n) is 2.67. The molecular weight excluding hydrogens is 360 g/mol. The van der Waals surface area contributed by atoms with E-state index in [4.69, 9.17) is 4.42 Å². The van der Waals surface area contributed by atoms with Gasteiger partial charge in [0.15, 0.2) is 0 Å². The third-order valence-corrected chi connectivity index (χ3v) is 5.91. The topological polar surface area (TPSA) is 97.1 Å². The third-order valence-electron chi connectivity index (χ3n) is 3.86. The lowest BCUT2D eigenvalue weighted by atomic mass is 9.90. The van der Waals surface area contributed by atoms with Crippen LogP contribution in [0.3, 0.4) is 0 Å². The Morgan fingerprint density at radius 2 is 2.28 bits per heavy atom. The van der Waals surface area contributed by atoms with Crippen LogP contribution >= 0.6 is 23.1 Å². The Hall–Kier alpha value is -1.87. The van der Waals surface area contributed by atoms with Crippen molar-refractivity contribution in [3.05, 3.63) is 16.5 Å². The van der Waals surface area contributed by atoms with Gasteiger partial charge in [-0.15, -0.1) is 21.5 Å². The summed E-state index contributed by atoms with van der Waals surface area (Å²) in [6.45, 7) is 4.51. The van der Waals surface area contributed by atoms with Crippen LogP contribution < -0.4 is 10.6 Å². The highest BCUT2D eigenvalue weighted by Crippen LogP contribution is 2.37. The standard InChI is InChI=1S/C16H20N4O3S2/c1-3-17-15(22)18-13(21)8-24-16-20-19-14(23-16)12-7-10-6-9(2)4-5-11(10)25-12/h7,9H,3-6,8H2,1-2H3,(H2,17,18,21,22). The smallest absolute Gasteiger partial charge is 0.321 e. The molecule has 134 valence electrons. The second-order valence-electron chi connectivity index (χ2n) is 5.98. The summed E-state index contributed by atoms with van der Waals surface area (Å²) < 4.78 is 5.65. The molecule has 0 saturated carbocycles. The van der Waals surface area contributed by atoms with Crippen LogP contribution in [0.4, 0.5) is 4.79 Å². The normalized spacial score (nSPS) is 16.3. The first-order valence-electron chi connectivity index (χ1n) is 8.21. The third kappa shape index (κ3) is 4.60. The Kier molecular flexibility index (Phi) is 5.74. The summed E-state index contributed by atoms with van der Waals surface area (Å²) in [5.41, 5.74) is 1.38. The van der Waals surface area contributed by atoms with E-state index in [1.165, 1.54) is 16.9 Å². The van der Waals surface area contributed by atoms with Crippen molar-refractivity contribution < 1.29 is 14.0 Å².